The third-order valence-electron chi connectivity index (χ3n) is 6.17. The molecule has 0 aromatic heterocycles. The van der Waals surface area contributed by atoms with E-state index in [1.807, 2.05) is 62.8 Å². The number of aliphatic imine (C=N–C) groups is 1. The number of likely N-dealkylation sites (N-methyl/N-ethyl adjacent to an activating group) is 1. The van der Waals surface area contributed by atoms with E-state index in [4.69, 9.17) is 4.84 Å². The second-order valence-corrected chi connectivity index (χ2v) is 8.23. The minimum atomic E-state index is -0.247. The van der Waals surface area contributed by atoms with Crippen molar-refractivity contribution in [1.29, 1.82) is 0 Å². The average Bonchev–Trinajstić information content (AvgIpc) is 3.43. The van der Waals surface area contributed by atoms with E-state index in [2.05, 4.69) is 39.5 Å². The molecule has 3 atom stereocenters. The van der Waals surface area contributed by atoms with Gasteiger partial charge in [-0.3, -0.25) is 9.83 Å². The number of rotatable bonds is 3. The topological polar surface area (TPSA) is 57.2 Å². The van der Waals surface area contributed by atoms with Crippen LogP contribution in [0, 0.1) is 6.92 Å². The van der Waals surface area contributed by atoms with Crippen LogP contribution in [0.5, 0.6) is 0 Å². The van der Waals surface area contributed by atoms with Gasteiger partial charge in [0.2, 0.25) is 0 Å². The maximum absolute atomic E-state index is 13.1. The van der Waals surface area contributed by atoms with Gasteiger partial charge in [-0.15, -0.1) is 0 Å². The van der Waals surface area contributed by atoms with Gasteiger partial charge in [0.15, 0.2) is 0 Å². The molecule has 0 spiro atoms. The molecular formula is C25H26N4O2. The summed E-state index contributed by atoms with van der Waals surface area (Å²) in [4.78, 5) is 25.4. The lowest BCUT2D eigenvalue weighted by Gasteiger charge is -2.25. The molecule has 2 aromatic carbocycles. The number of carbonyl (C=O) groups excluding carboxylic acids is 1. The van der Waals surface area contributed by atoms with Crippen molar-refractivity contribution in [2.24, 2.45) is 4.99 Å². The molecule has 2 unspecified atom stereocenters. The fraction of sp³-hybridized carbons (Fsp3) is 0.280. The van der Waals surface area contributed by atoms with E-state index in [0.717, 1.165) is 34.4 Å². The number of amides is 2. The van der Waals surface area contributed by atoms with Gasteiger partial charge in [0, 0.05) is 19.2 Å². The summed E-state index contributed by atoms with van der Waals surface area (Å²) in [6, 6.07) is 16.3. The maximum atomic E-state index is 13.1. The highest BCUT2D eigenvalue weighted by atomic mass is 16.7. The van der Waals surface area contributed by atoms with Crippen LogP contribution in [0.1, 0.15) is 29.2 Å². The summed E-state index contributed by atoms with van der Waals surface area (Å²) in [5.74, 6) is 0. The van der Waals surface area contributed by atoms with Crippen LogP contribution in [0.3, 0.4) is 0 Å². The van der Waals surface area contributed by atoms with Gasteiger partial charge in [0.05, 0.1) is 31.1 Å². The van der Waals surface area contributed by atoms with Crippen LogP contribution in [-0.2, 0) is 4.84 Å². The average molecular weight is 415 g/mol. The number of fused-ring (bicyclic) bond motifs is 1. The van der Waals surface area contributed by atoms with Crippen LogP contribution in [-0.4, -0.2) is 48.1 Å². The number of nitrogens with one attached hydrogen (secondary N) is 1. The van der Waals surface area contributed by atoms with Crippen molar-refractivity contribution in [1.82, 2.24) is 9.96 Å². The summed E-state index contributed by atoms with van der Waals surface area (Å²) in [6.07, 6.45) is 9.16. The molecular weight excluding hydrogens is 388 g/mol. The first kappa shape index (κ1) is 19.6. The molecule has 158 valence electrons. The number of urea groups is 1. The van der Waals surface area contributed by atoms with Crippen molar-refractivity contribution in [3.63, 3.8) is 0 Å². The van der Waals surface area contributed by atoms with E-state index in [9.17, 15) is 4.79 Å². The Labute approximate surface area is 182 Å². The number of hydroxylamine groups is 2. The summed E-state index contributed by atoms with van der Waals surface area (Å²) in [7, 11) is 2.04. The Bertz CT molecular complexity index is 1080. The van der Waals surface area contributed by atoms with Crippen LogP contribution < -0.4 is 5.32 Å². The van der Waals surface area contributed by atoms with Gasteiger partial charge in [-0.05, 0) is 35.3 Å². The molecule has 0 bridgehead atoms. The zero-order valence-electron chi connectivity index (χ0n) is 17.7. The van der Waals surface area contributed by atoms with Gasteiger partial charge >= 0.3 is 6.03 Å². The summed E-state index contributed by atoms with van der Waals surface area (Å²) >= 11 is 0. The van der Waals surface area contributed by atoms with Gasteiger partial charge in [-0.2, -0.15) is 5.06 Å². The highest BCUT2D eigenvalue weighted by molar-refractivity contribution is 5.91. The third kappa shape index (κ3) is 3.75. The molecule has 6 heteroatoms. The van der Waals surface area contributed by atoms with Crippen molar-refractivity contribution in [2.75, 3.05) is 19.0 Å². The zero-order chi connectivity index (χ0) is 21.4. The SMILES string of the molecule is Cc1ccc(C2=CC3C(C=C2)N=CN3C)cc1NC(=O)N1OCC[C@H]1c1ccccc1. The number of carbonyl (C=O) groups is 1. The molecule has 5 rings (SSSR count). The number of hydrogen-bond acceptors (Lipinski definition) is 4. The molecule has 3 aliphatic rings. The molecule has 2 aromatic rings. The van der Waals surface area contributed by atoms with Crippen molar-refractivity contribution in [2.45, 2.75) is 31.5 Å². The van der Waals surface area contributed by atoms with Crippen molar-refractivity contribution in [3.8, 4) is 0 Å². The second-order valence-electron chi connectivity index (χ2n) is 8.23. The minimum Gasteiger partial charge on any atom is -0.357 e. The molecule has 2 amide bonds. The minimum absolute atomic E-state index is 0.0801. The van der Waals surface area contributed by atoms with E-state index >= 15 is 0 Å². The summed E-state index contributed by atoms with van der Waals surface area (Å²) < 4.78 is 0. The van der Waals surface area contributed by atoms with Gasteiger partial charge in [0.1, 0.15) is 0 Å². The Balaban J connectivity index is 1.36. The smallest absolute Gasteiger partial charge is 0.346 e. The van der Waals surface area contributed by atoms with Gasteiger partial charge < -0.3 is 10.2 Å². The molecule has 1 aliphatic carbocycles. The molecule has 0 radical (unpaired) electrons. The van der Waals surface area contributed by atoms with Crippen LogP contribution in [0.4, 0.5) is 10.5 Å². The fourth-order valence-corrected chi connectivity index (χ4v) is 4.36. The summed E-state index contributed by atoms with van der Waals surface area (Å²) in [5, 5.41) is 4.53. The van der Waals surface area contributed by atoms with Gasteiger partial charge in [-0.1, -0.05) is 60.7 Å². The molecule has 31 heavy (non-hydrogen) atoms. The Hall–Kier alpha value is -3.38. The van der Waals surface area contributed by atoms with Gasteiger partial charge in [-0.25, -0.2) is 4.79 Å². The van der Waals surface area contributed by atoms with Crippen molar-refractivity contribution >= 4 is 23.6 Å². The molecule has 6 nitrogen and oxygen atoms in total. The van der Waals surface area contributed by atoms with E-state index in [1.54, 1.807) is 0 Å². The van der Waals surface area contributed by atoms with Crippen LogP contribution in [0.2, 0.25) is 0 Å². The Morgan fingerprint density at radius 2 is 2.03 bits per heavy atom. The number of nitrogens with zero attached hydrogens (tertiary/aromatic N) is 3. The highest BCUT2D eigenvalue weighted by Gasteiger charge is 2.32. The highest BCUT2D eigenvalue weighted by Crippen LogP contribution is 2.32. The number of hydrogen-bond donors (Lipinski definition) is 1. The lowest BCUT2D eigenvalue weighted by atomic mass is 9.93. The lowest BCUT2D eigenvalue weighted by molar-refractivity contribution is -0.0829. The number of aryl methyl sites for hydroxylation is 1. The Morgan fingerprint density at radius 1 is 1.19 bits per heavy atom. The van der Waals surface area contributed by atoms with Crippen LogP contribution in [0.25, 0.3) is 5.57 Å². The normalized spacial score (nSPS) is 24.3. The fourth-order valence-electron chi connectivity index (χ4n) is 4.36. The largest absolute Gasteiger partial charge is 0.357 e. The number of allylic oxidation sites excluding steroid dienone is 2. The first-order valence-electron chi connectivity index (χ1n) is 10.6. The van der Waals surface area contributed by atoms with Crippen LogP contribution in [0.15, 0.2) is 71.8 Å². The zero-order valence-corrected chi connectivity index (χ0v) is 17.7. The van der Waals surface area contributed by atoms with E-state index in [0.29, 0.717) is 6.61 Å². The monoisotopic (exact) mass is 414 g/mol. The Morgan fingerprint density at radius 3 is 2.87 bits per heavy atom. The molecule has 2 aliphatic heterocycles. The van der Waals surface area contributed by atoms with E-state index < -0.39 is 0 Å². The first-order chi connectivity index (χ1) is 15.1. The third-order valence-corrected chi connectivity index (χ3v) is 6.17. The molecule has 1 fully saturated rings. The summed E-state index contributed by atoms with van der Waals surface area (Å²) in [6.45, 7) is 2.53. The second kappa shape index (κ2) is 8.04. The molecule has 0 saturated carbocycles. The predicted octanol–water partition coefficient (Wildman–Crippen LogP) is 4.57. The first-order valence-corrected chi connectivity index (χ1v) is 10.6. The van der Waals surface area contributed by atoms with E-state index in [1.165, 1.54) is 5.06 Å². The summed E-state index contributed by atoms with van der Waals surface area (Å²) in [5.41, 5.74) is 5.08. The predicted molar refractivity (Wildman–Crippen MR) is 123 cm³/mol. The number of benzene rings is 2. The lowest BCUT2D eigenvalue weighted by Crippen LogP contribution is -2.33. The molecule has 1 N–H and O–H groups in total. The Kier molecular flexibility index (Phi) is 5.08. The molecule has 1 saturated heterocycles. The molecule has 2 heterocycles. The maximum Gasteiger partial charge on any atom is 0.346 e. The van der Waals surface area contributed by atoms with E-state index in [-0.39, 0.29) is 24.2 Å². The van der Waals surface area contributed by atoms with Gasteiger partial charge in [0.25, 0.3) is 0 Å². The quantitative estimate of drug-likeness (QED) is 0.800. The number of anilines is 1. The van der Waals surface area contributed by atoms with Crippen molar-refractivity contribution in [3.05, 3.63) is 83.4 Å². The van der Waals surface area contributed by atoms with Crippen LogP contribution >= 0.6 is 0 Å². The standard InChI is InChI=1S/C25H26N4O2/c1-17-8-9-19(20-10-11-21-24(15-20)28(2)16-26-21)14-22(17)27-25(30)29-23(12-13-31-29)18-6-4-3-5-7-18/h3-11,14-16,21,23-24H,12-13H2,1-2H3,(H,27,30)/t21?,23-,24?/m0/s1. The van der Waals surface area contributed by atoms with Crippen molar-refractivity contribution < 1.29 is 9.63 Å².